The summed E-state index contributed by atoms with van der Waals surface area (Å²) < 4.78 is 0. The van der Waals surface area contributed by atoms with Crippen LogP contribution in [-0.4, -0.2) is 18.6 Å². The molecule has 0 spiro atoms. The Morgan fingerprint density at radius 2 is 1.75 bits per heavy atom. The number of hydrogen-bond acceptors (Lipinski definition) is 2. The number of rotatable bonds is 2. The van der Waals surface area contributed by atoms with Crippen molar-refractivity contribution in [2.75, 3.05) is 13.1 Å². The lowest BCUT2D eigenvalue weighted by atomic mass is 10.7. The largest absolute Gasteiger partial charge is 0.388 e. The van der Waals surface area contributed by atoms with Crippen molar-refractivity contribution in [2.45, 2.75) is 13.8 Å². The average Bonchev–Trinajstić information content (AvgIpc) is 1.71. The molecule has 8 heavy (non-hydrogen) atoms. The highest BCUT2D eigenvalue weighted by atomic mass is 32.1. The van der Waals surface area contributed by atoms with E-state index in [1.165, 1.54) is 0 Å². The van der Waals surface area contributed by atoms with Crippen molar-refractivity contribution in [3.8, 4) is 0 Å². The Bertz CT molecular complexity index is 37.4. The van der Waals surface area contributed by atoms with Crippen LogP contribution in [0, 0.1) is 0 Å². The molecule has 0 atom stereocenters. The van der Waals surface area contributed by atoms with Crippen molar-refractivity contribution in [3.05, 3.63) is 0 Å². The first-order valence-corrected chi connectivity index (χ1v) is 3.02. The molecule has 0 rings (SSSR count). The zero-order chi connectivity index (χ0) is 6.83. The van der Waals surface area contributed by atoms with Crippen LogP contribution in [0.3, 0.4) is 0 Å². The SMILES string of the molecule is CCNCC.N[C]=S. The van der Waals surface area contributed by atoms with Crippen molar-refractivity contribution in [3.63, 3.8) is 0 Å². The summed E-state index contributed by atoms with van der Waals surface area (Å²) in [4.78, 5) is 0. The van der Waals surface area contributed by atoms with Crippen LogP contribution in [-0.2, 0) is 0 Å². The molecule has 0 bridgehead atoms. The lowest BCUT2D eigenvalue weighted by Crippen LogP contribution is -2.09. The summed E-state index contributed by atoms with van der Waals surface area (Å²) in [6.45, 7) is 6.39. The molecular weight excluding hydrogens is 120 g/mol. The van der Waals surface area contributed by atoms with Crippen LogP contribution >= 0.6 is 12.2 Å². The van der Waals surface area contributed by atoms with Gasteiger partial charge in [0.2, 0.25) is 0 Å². The average molecular weight is 133 g/mol. The molecule has 0 aliphatic rings. The fraction of sp³-hybridized carbons (Fsp3) is 0.800. The molecule has 0 unspecified atom stereocenters. The van der Waals surface area contributed by atoms with Gasteiger partial charge in [0.1, 0.15) is 5.49 Å². The monoisotopic (exact) mass is 133 g/mol. The van der Waals surface area contributed by atoms with Gasteiger partial charge in [-0.05, 0) is 13.1 Å². The topological polar surface area (TPSA) is 38.0 Å². The Balaban J connectivity index is 0. The van der Waals surface area contributed by atoms with E-state index in [4.69, 9.17) is 0 Å². The first-order chi connectivity index (χ1) is 3.83. The Morgan fingerprint density at radius 1 is 1.50 bits per heavy atom. The van der Waals surface area contributed by atoms with Gasteiger partial charge in [0.25, 0.3) is 0 Å². The summed E-state index contributed by atoms with van der Waals surface area (Å²) >= 11 is 3.92. The smallest absolute Gasteiger partial charge is 0.131 e. The van der Waals surface area contributed by atoms with Gasteiger partial charge in [0.15, 0.2) is 0 Å². The molecule has 0 saturated heterocycles. The minimum atomic E-state index is 1.09. The van der Waals surface area contributed by atoms with E-state index in [0.717, 1.165) is 13.1 Å². The molecule has 0 aromatic heterocycles. The summed E-state index contributed by atoms with van der Waals surface area (Å²) in [6.07, 6.45) is 0. The van der Waals surface area contributed by atoms with Crippen molar-refractivity contribution < 1.29 is 0 Å². The van der Waals surface area contributed by atoms with E-state index in [2.05, 4.69) is 37.1 Å². The highest BCUT2D eigenvalue weighted by Gasteiger charge is 1.62. The molecule has 0 aliphatic carbocycles. The lowest BCUT2D eigenvalue weighted by molar-refractivity contribution is 0.762. The minimum Gasteiger partial charge on any atom is -0.388 e. The van der Waals surface area contributed by atoms with Gasteiger partial charge in [0, 0.05) is 0 Å². The van der Waals surface area contributed by atoms with Gasteiger partial charge in [-0.1, -0.05) is 26.1 Å². The molecular formula is C5H13N2S. The second-order valence-electron chi connectivity index (χ2n) is 1.07. The highest BCUT2D eigenvalue weighted by molar-refractivity contribution is 7.78. The molecule has 0 amide bonds. The molecule has 0 aromatic carbocycles. The maximum absolute atomic E-state index is 4.41. The normalized spacial score (nSPS) is 6.75. The Kier molecular flexibility index (Phi) is 21.3. The third-order valence-corrected chi connectivity index (χ3v) is 0.500. The zero-order valence-corrected chi connectivity index (χ0v) is 6.22. The van der Waals surface area contributed by atoms with Gasteiger partial charge >= 0.3 is 0 Å². The number of hydrogen-bond donors (Lipinski definition) is 2. The van der Waals surface area contributed by atoms with E-state index < -0.39 is 0 Å². The molecule has 0 aromatic rings. The summed E-state index contributed by atoms with van der Waals surface area (Å²) in [5.41, 5.74) is 6.25. The summed E-state index contributed by atoms with van der Waals surface area (Å²) in [6, 6.07) is 0. The van der Waals surface area contributed by atoms with Crippen molar-refractivity contribution >= 4 is 17.7 Å². The quantitative estimate of drug-likeness (QED) is 0.423. The molecule has 0 heterocycles. The maximum Gasteiger partial charge on any atom is 0.131 e. The van der Waals surface area contributed by atoms with Crippen molar-refractivity contribution in [2.24, 2.45) is 5.73 Å². The molecule has 0 saturated carbocycles. The maximum atomic E-state index is 4.41. The summed E-state index contributed by atoms with van der Waals surface area (Å²) in [5, 5.41) is 3.11. The van der Waals surface area contributed by atoms with E-state index in [1.54, 1.807) is 0 Å². The van der Waals surface area contributed by atoms with E-state index in [0.29, 0.717) is 0 Å². The molecule has 2 nitrogen and oxygen atoms in total. The van der Waals surface area contributed by atoms with Crippen LogP contribution in [0.2, 0.25) is 0 Å². The Hall–Kier alpha value is -0.150. The van der Waals surface area contributed by atoms with Crippen molar-refractivity contribution in [1.82, 2.24) is 5.32 Å². The number of thiocarbonyl (C=S) groups is 1. The van der Waals surface area contributed by atoms with Crippen LogP contribution in [0.25, 0.3) is 0 Å². The van der Waals surface area contributed by atoms with Crippen LogP contribution < -0.4 is 11.1 Å². The summed E-state index contributed by atoms with van der Waals surface area (Å²) in [7, 11) is 0. The van der Waals surface area contributed by atoms with Gasteiger partial charge in [-0.25, -0.2) is 0 Å². The molecule has 1 radical (unpaired) electrons. The molecule has 0 aliphatic heterocycles. The molecule has 0 fully saturated rings. The van der Waals surface area contributed by atoms with Gasteiger partial charge < -0.3 is 11.1 Å². The van der Waals surface area contributed by atoms with Crippen molar-refractivity contribution in [1.29, 1.82) is 0 Å². The first-order valence-electron chi connectivity index (χ1n) is 2.61. The van der Waals surface area contributed by atoms with Gasteiger partial charge in [-0.15, -0.1) is 0 Å². The Morgan fingerprint density at radius 3 is 1.75 bits per heavy atom. The lowest BCUT2D eigenvalue weighted by Gasteiger charge is -1.86. The van der Waals surface area contributed by atoms with Crippen LogP contribution in [0.15, 0.2) is 0 Å². The number of nitrogens with one attached hydrogen (secondary N) is 1. The highest BCUT2D eigenvalue weighted by Crippen LogP contribution is 1.47. The van der Waals surface area contributed by atoms with E-state index >= 15 is 0 Å². The predicted octanol–water partition coefficient (Wildman–Crippen LogP) is 0.395. The van der Waals surface area contributed by atoms with Crippen LogP contribution in [0.1, 0.15) is 13.8 Å². The third kappa shape index (κ3) is 40.2. The van der Waals surface area contributed by atoms with E-state index in [9.17, 15) is 0 Å². The molecule has 49 valence electrons. The zero-order valence-electron chi connectivity index (χ0n) is 5.40. The van der Waals surface area contributed by atoms with Crippen LogP contribution in [0.5, 0.6) is 0 Å². The number of nitrogens with two attached hydrogens (primary N) is 1. The predicted molar refractivity (Wildman–Crippen MR) is 41.0 cm³/mol. The fourth-order valence-corrected chi connectivity index (χ4v) is 0.250. The molecule has 3 heteroatoms. The second kappa shape index (κ2) is 15.8. The van der Waals surface area contributed by atoms with Gasteiger partial charge in [0.05, 0.1) is 0 Å². The van der Waals surface area contributed by atoms with Crippen LogP contribution in [0.4, 0.5) is 0 Å². The minimum absolute atomic E-state index is 1.09. The standard InChI is InChI=1S/C4H11N.CH2NS/c1-3-5-4-2;2-1-3/h5H,3-4H2,1-2H3;(H2,2,3). The Labute approximate surface area is 56.5 Å². The third-order valence-electron chi connectivity index (χ3n) is 0.500. The fourth-order valence-electron chi connectivity index (χ4n) is 0.250. The second-order valence-corrected chi connectivity index (χ2v) is 1.31. The summed E-state index contributed by atoms with van der Waals surface area (Å²) in [5.74, 6) is 0. The molecule has 3 N–H and O–H groups in total. The van der Waals surface area contributed by atoms with Gasteiger partial charge in [-0.2, -0.15) is 0 Å². The van der Waals surface area contributed by atoms with E-state index in [1.807, 2.05) is 5.49 Å². The van der Waals surface area contributed by atoms with E-state index in [-0.39, 0.29) is 0 Å². The van der Waals surface area contributed by atoms with Gasteiger partial charge in [-0.3, -0.25) is 0 Å². The first kappa shape index (κ1) is 10.8.